The molecule has 0 fully saturated rings. The molecule has 0 saturated heterocycles. The molecule has 0 aromatic heterocycles. The fraction of sp³-hybridized carbons (Fsp3) is 0.571. The van der Waals surface area contributed by atoms with E-state index < -0.39 is 0 Å². The molecule has 1 heteroatoms. The first kappa shape index (κ1) is 7.41. The van der Waals surface area contributed by atoms with Gasteiger partial charge in [-0.3, -0.25) is 4.79 Å². The molecule has 46 valence electrons. The lowest BCUT2D eigenvalue weighted by Crippen LogP contribution is -1.89. The van der Waals surface area contributed by atoms with Gasteiger partial charge in [-0.25, -0.2) is 0 Å². The van der Waals surface area contributed by atoms with E-state index in [4.69, 9.17) is 0 Å². The van der Waals surface area contributed by atoms with Crippen LogP contribution in [0.25, 0.3) is 0 Å². The Morgan fingerprint density at radius 2 is 2.00 bits per heavy atom. The number of rotatable bonds is 2. The molecule has 0 N–H and O–H groups in total. The van der Waals surface area contributed by atoms with Crippen molar-refractivity contribution in [2.75, 3.05) is 0 Å². The number of ketones is 1. The molecule has 0 radical (unpaired) electrons. The second kappa shape index (κ2) is 3.42. The number of hydrogen-bond acceptors (Lipinski definition) is 1. The van der Waals surface area contributed by atoms with Gasteiger partial charge in [0.15, 0.2) is 5.78 Å². The maximum atomic E-state index is 10.5. The molecule has 0 aliphatic rings. The smallest absolute Gasteiger partial charge is 0.155 e. The lowest BCUT2D eigenvalue weighted by Gasteiger charge is -1.88. The van der Waals surface area contributed by atoms with Crippen LogP contribution in [-0.2, 0) is 4.79 Å². The maximum Gasteiger partial charge on any atom is 0.155 e. The van der Waals surface area contributed by atoms with E-state index in [0.29, 0.717) is 0 Å². The average Bonchev–Trinajstić information content (AvgIpc) is 1.67. The lowest BCUT2D eigenvalue weighted by atomic mass is 10.2. The monoisotopic (exact) mass is 112 g/mol. The third kappa shape index (κ3) is 2.56. The molecule has 0 atom stereocenters. The Bertz CT molecular complexity index is 112. The Hall–Kier alpha value is -0.590. The molecule has 8 heavy (non-hydrogen) atoms. The van der Waals surface area contributed by atoms with Gasteiger partial charge in [0.25, 0.3) is 0 Å². The standard InChI is InChI=1S/C7H12O/c1-4-5-6(2)7(3)8/h5H,4H2,1-3H3/b6-5-. The normalized spacial score (nSPS) is 11.6. The van der Waals surface area contributed by atoms with Crippen LogP contribution in [-0.4, -0.2) is 5.78 Å². The van der Waals surface area contributed by atoms with Gasteiger partial charge in [0.1, 0.15) is 0 Å². The van der Waals surface area contributed by atoms with Crippen LogP contribution >= 0.6 is 0 Å². The minimum atomic E-state index is 0.173. The highest BCUT2D eigenvalue weighted by molar-refractivity contribution is 5.92. The summed E-state index contributed by atoms with van der Waals surface area (Å²) < 4.78 is 0. The predicted octanol–water partition coefficient (Wildman–Crippen LogP) is 1.93. The van der Waals surface area contributed by atoms with Gasteiger partial charge >= 0.3 is 0 Å². The Kier molecular flexibility index (Phi) is 3.16. The van der Waals surface area contributed by atoms with Crippen molar-refractivity contribution in [3.8, 4) is 0 Å². The van der Waals surface area contributed by atoms with Crippen molar-refractivity contribution in [2.45, 2.75) is 27.2 Å². The van der Waals surface area contributed by atoms with Gasteiger partial charge < -0.3 is 0 Å². The van der Waals surface area contributed by atoms with Crippen LogP contribution in [0.2, 0.25) is 0 Å². The Balaban J connectivity index is 3.80. The molecule has 0 aliphatic heterocycles. The fourth-order valence-corrected chi connectivity index (χ4v) is 0.450. The quantitative estimate of drug-likeness (QED) is 0.499. The molecule has 0 spiro atoms. The minimum absolute atomic E-state index is 0.173. The van der Waals surface area contributed by atoms with E-state index in [-0.39, 0.29) is 5.78 Å². The van der Waals surface area contributed by atoms with Crippen LogP contribution in [0.3, 0.4) is 0 Å². The van der Waals surface area contributed by atoms with E-state index in [0.717, 1.165) is 12.0 Å². The van der Waals surface area contributed by atoms with Crippen molar-refractivity contribution in [3.05, 3.63) is 11.6 Å². The predicted molar refractivity (Wildman–Crippen MR) is 34.7 cm³/mol. The third-order valence-electron chi connectivity index (χ3n) is 1.07. The van der Waals surface area contributed by atoms with Crippen molar-refractivity contribution in [1.29, 1.82) is 0 Å². The fourth-order valence-electron chi connectivity index (χ4n) is 0.450. The van der Waals surface area contributed by atoms with Crippen molar-refractivity contribution in [2.24, 2.45) is 0 Å². The SMILES string of the molecule is CC/C=C(/C)C(C)=O. The van der Waals surface area contributed by atoms with E-state index in [1.807, 2.05) is 19.9 Å². The van der Waals surface area contributed by atoms with Crippen molar-refractivity contribution < 1.29 is 4.79 Å². The first-order chi connectivity index (χ1) is 3.68. The molecule has 0 unspecified atom stereocenters. The minimum Gasteiger partial charge on any atom is -0.295 e. The molecule has 0 rings (SSSR count). The summed E-state index contributed by atoms with van der Waals surface area (Å²) >= 11 is 0. The topological polar surface area (TPSA) is 17.1 Å². The molecule has 0 aromatic carbocycles. The van der Waals surface area contributed by atoms with Crippen molar-refractivity contribution >= 4 is 5.78 Å². The Morgan fingerprint density at radius 1 is 1.50 bits per heavy atom. The second-order valence-corrected chi connectivity index (χ2v) is 1.85. The highest BCUT2D eigenvalue weighted by Gasteiger charge is 1.90. The molecule has 0 amide bonds. The number of allylic oxidation sites excluding steroid dienone is 2. The highest BCUT2D eigenvalue weighted by atomic mass is 16.1. The van der Waals surface area contributed by atoms with Crippen LogP contribution in [0.15, 0.2) is 11.6 Å². The molecule has 1 nitrogen and oxygen atoms in total. The third-order valence-corrected chi connectivity index (χ3v) is 1.07. The zero-order valence-electron chi connectivity index (χ0n) is 5.69. The number of carbonyl (C=O) groups is 1. The van der Waals surface area contributed by atoms with Gasteiger partial charge in [-0.1, -0.05) is 13.0 Å². The summed E-state index contributed by atoms with van der Waals surface area (Å²) in [6.45, 7) is 5.44. The first-order valence-corrected chi connectivity index (χ1v) is 2.86. The van der Waals surface area contributed by atoms with Gasteiger partial charge in [-0.15, -0.1) is 0 Å². The molecule has 0 saturated carbocycles. The van der Waals surface area contributed by atoms with Gasteiger partial charge in [0, 0.05) is 0 Å². The largest absolute Gasteiger partial charge is 0.295 e. The summed E-state index contributed by atoms with van der Waals surface area (Å²) in [5, 5.41) is 0. The molecular weight excluding hydrogens is 100 g/mol. The van der Waals surface area contributed by atoms with Gasteiger partial charge in [-0.05, 0) is 25.8 Å². The number of Topliss-reactive ketones (excluding diaryl/α,β-unsaturated/α-hetero) is 1. The van der Waals surface area contributed by atoms with Crippen molar-refractivity contribution in [3.63, 3.8) is 0 Å². The van der Waals surface area contributed by atoms with E-state index in [1.165, 1.54) is 0 Å². The van der Waals surface area contributed by atoms with E-state index in [2.05, 4.69) is 0 Å². The summed E-state index contributed by atoms with van der Waals surface area (Å²) in [5.74, 6) is 0.173. The molecule has 0 aromatic rings. The zero-order valence-corrected chi connectivity index (χ0v) is 5.69. The van der Waals surface area contributed by atoms with Crippen LogP contribution in [0.4, 0.5) is 0 Å². The Labute approximate surface area is 50.4 Å². The molecule has 0 bridgehead atoms. The van der Waals surface area contributed by atoms with E-state index >= 15 is 0 Å². The van der Waals surface area contributed by atoms with E-state index in [1.54, 1.807) is 6.92 Å². The number of hydrogen-bond donors (Lipinski definition) is 0. The lowest BCUT2D eigenvalue weighted by molar-refractivity contribution is -0.113. The highest BCUT2D eigenvalue weighted by Crippen LogP contribution is 1.94. The van der Waals surface area contributed by atoms with Crippen LogP contribution in [0.5, 0.6) is 0 Å². The first-order valence-electron chi connectivity index (χ1n) is 2.86. The van der Waals surface area contributed by atoms with Crippen LogP contribution in [0.1, 0.15) is 27.2 Å². The van der Waals surface area contributed by atoms with Crippen LogP contribution < -0.4 is 0 Å². The molecule has 0 aliphatic carbocycles. The van der Waals surface area contributed by atoms with Gasteiger partial charge in [0.05, 0.1) is 0 Å². The summed E-state index contributed by atoms with van der Waals surface area (Å²) in [4.78, 5) is 10.5. The van der Waals surface area contributed by atoms with Crippen LogP contribution in [0, 0.1) is 0 Å². The average molecular weight is 112 g/mol. The number of carbonyl (C=O) groups excluding carboxylic acids is 1. The van der Waals surface area contributed by atoms with Gasteiger partial charge in [0.2, 0.25) is 0 Å². The van der Waals surface area contributed by atoms with Gasteiger partial charge in [-0.2, -0.15) is 0 Å². The van der Waals surface area contributed by atoms with E-state index in [9.17, 15) is 4.79 Å². The van der Waals surface area contributed by atoms with Crippen molar-refractivity contribution in [1.82, 2.24) is 0 Å². The summed E-state index contributed by atoms with van der Waals surface area (Å²) in [6.07, 6.45) is 2.88. The molecule has 0 heterocycles. The summed E-state index contributed by atoms with van der Waals surface area (Å²) in [5.41, 5.74) is 0.868. The zero-order chi connectivity index (χ0) is 6.57. The maximum absolute atomic E-state index is 10.5. The Morgan fingerprint density at radius 3 is 2.12 bits per heavy atom. The summed E-state index contributed by atoms with van der Waals surface area (Å²) in [6, 6.07) is 0. The molecular formula is C7H12O. The second-order valence-electron chi connectivity index (χ2n) is 1.85. The summed E-state index contributed by atoms with van der Waals surface area (Å²) in [7, 11) is 0.